The number of carbonyl (C=O) groups excluding carboxylic acids is 1. The Kier molecular flexibility index (Phi) is 7.50. The van der Waals surface area contributed by atoms with Crippen LogP contribution in [0.5, 0.6) is 0 Å². The third kappa shape index (κ3) is 6.47. The van der Waals surface area contributed by atoms with Gasteiger partial charge in [0, 0.05) is 15.7 Å². The Morgan fingerprint density at radius 3 is 2.20 bits per heavy atom. The lowest BCUT2D eigenvalue weighted by Gasteiger charge is -2.23. The van der Waals surface area contributed by atoms with Gasteiger partial charge in [0.15, 0.2) is 5.11 Å². The highest BCUT2D eigenvalue weighted by Gasteiger charge is 2.21. The largest absolute Gasteiger partial charge is 0.340 e. The predicted octanol–water partition coefficient (Wildman–Crippen LogP) is 4.60. The van der Waals surface area contributed by atoms with Gasteiger partial charge in [-0.25, -0.2) is 0 Å². The fourth-order valence-electron chi connectivity index (χ4n) is 1.93. The molecule has 0 saturated heterocycles. The minimum Gasteiger partial charge on any atom is -0.340 e. The summed E-state index contributed by atoms with van der Waals surface area (Å²) in [5.74, 6) is -0.296. The zero-order valence-electron chi connectivity index (χ0n) is 13.2. The van der Waals surface area contributed by atoms with Crippen LogP contribution in [0.1, 0.15) is 15.9 Å². The van der Waals surface area contributed by atoms with Crippen LogP contribution in [-0.4, -0.2) is 22.0 Å². The number of nitrogens with one attached hydrogen (secondary N) is 3. The topological polar surface area (TPSA) is 53.2 Å². The van der Waals surface area contributed by atoms with E-state index in [0.29, 0.717) is 10.7 Å². The predicted molar refractivity (Wildman–Crippen MR) is 111 cm³/mol. The highest BCUT2D eigenvalue weighted by molar-refractivity contribution is 9.10. The zero-order valence-corrected chi connectivity index (χ0v) is 17.1. The van der Waals surface area contributed by atoms with E-state index in [9.17, 15) is 4.79 Å². The van der Waals surface area contributed by atoms with Crippen LogP contribution < -0.4 is 16.0 Å². The minimum absolute atomic E-state index is 0.294. The van der Waals surface area contributed by atoms with Crippen LogP contribution in [0.25, 0.3) is 0 Å². The lowest BCUT2D eigenvalue weighted by atomic mass is 10.1. The fraction of sp³-hybridized carbons (Fsp3) is 0.176. The van der Waals surface area contributed by atoms with Crippen LogP contribution in [-0.2, 0) is 0 Å². The lowest BCUT2D eigenvalue weighted by Crippen LogP contribution is -2.52. The van der Waals surface area contributed by atoms with E-state index in [-0.39, 0.29) is 5.91 Å². The van der Waals surface area contributed by atoms with Crippen molar-refractivity contribution in [1.29, 1.82) is 0 Å². The maximum atomic E-state index is 12.3. The summed E-state index contributed by atoms with van der Waals surface area (Å²) in [5, 5.41) is 8.93. The first-order chi connectivity index (χ1) is 11.8. The van der Waals surface area contributed by atoms with E-state index < -0.39 is 11.0 Å². The van der Waals surface area contributed by atoms with E-state index in [1.807, 2.05) is 43.3 Å². The molecule has 0 unspecified atom stereocenters. The second-order valence-electron chi connectivity index (χ2n) is 5.26. The first-order valence-corrected chi connectivity index (χ1v) is 9.41. The normalized spacial score (nSPS) is 11.7. The molecule has 0 fully saturated rings. The molecule has 4 nitrogen and oxygen atoms in total. The van der Waals surface area contributed by atoms with Crippen LogP contribution in [0.3, 0.4) is 0 Å². The number of thiocarbonyl (C=S) groups is 1. The number of aryl methyl sites for hydroxylation is 1. The molecule has 132 valence electrons. The molecular weight excluding hydrogens is 445 g/mol. The van der Waals surface area contributed by atoms with Crippen molar-refractivity contribution >= 4 is 68.1 Å². The van der Waals surface area contributed by atoms with Gasteiger partial charge in [0.05, 0.1) is 0 Å². The Hall–Kier alpha value is -1.34. The lowest BCUT2D eigenvalue weighted by molar-refractivity contribution is 0.0936. The van der Waals surface area contributed by atoms with Crippen molar-refractivity contribution in [3.63, 3.8) is 0 Å². The van der Waals surface area contributed by atoms with Crippen molar-refractivity contribution in [3.8, 4) is 0 Å². The third-order valence-electron chi connectivity index (χ3n) is 3.24. The van der Waals surface area contributed by atoms with Gasteiger partial charge in [0.25, 0.3) is 5.91 Å². The van der Waals surface area contributed by atoms with E-state index in [1.165, 1.54) is 0 Å². The molecule has 0 bridgehead atoms. The minimum atomic E-state index is -0.890. The third-order valence-corrected chi connectivity index (χ3v) is 4.49. The second-order valence-corrected chi connectivity index (χ2v) is 7.74. The highest BCUT2D eigenvalue weighted by atomic mass is 79.9. The van der Waals surface area contributed by atoms with Crippen LogP contribution in [0.4, 0.5) is 5.69 Å². The van der Waals surface area contributed by atoms with E-state index in [4.69, 9.17) is 35.4 Å². The first kappa shape index (κ1) is 20.0. The molecule has 1 atom stereocenters. The SMILES string of the molecule is Cc1ccc(C(=O)N[C@@H](NC(=S)Nc2ccc(Br)cc2)C(Cl)Cl)cc1. The summed E-state index contributed by atoms with van der Waals surface area (Å²) in [5.41, 5.74) is 2.38. The standard InChI is InChI=1S/C17H16BrCl2N3OS/c1-10-2-4-11(5-3-10)16(24)22-15(14(19)20)23-17(25)21-13-8-6-12(18)7-9-13/h2-9,14-15H,1H3,(H,22,24)(H2,21,23,25)/t15-/m0/s1. The molecule has 3 N–H and O–H groups in total. The molecule has 0 spiro atoms. The number of halogens is 3. The van der Waals surface area contributed by atoms with Crippen molar-refractivity contribution in [2.75, 3.05) is 5.32 Å². The van der Waals surface area contributed by atoms with Crippen molar-refractivity contribution in [2.45, 2.75) is 17.9 Å². The monoisotopic (exact) mass is 459 g/mol. The number of carbonyl (C=O) groups is 1. The molecule has 0 aliphatic heterocycles. The number of anilines is 1. The number of benzene rings is 2. The molecular formula is C17H16BrCl2N3OS. The number of alkyl halides is 2. The van der Waals surface area contributed by atoms with Crippen molar-refractivity contribution in [2.24, 2.45) is 0 Å². The average Bonchev–Trinajstić information content (AvgIpc) is 2.56. The Bertz CT molecular complexity index is 739. The highest BCUT2D eigenvalue weighted by Crippen LogP contribution is 2.14. The van der Waals surface area contributed by atoms with Gasteiger partial charge < -0.3 is 16.0 Å². The zero-order chi connectivity index (χ0) is 18.4. The number of amides is 1. The summed E-state index contributed by atoms with van der Waals surface area (Å²) >= 11 is 20.5. The Morgan fingerprint density at radius 1 is 1.04 bits per heavy atom. The van der Waals surface area contributed by atoms with E-state index in [2.05, 4.69) is 31.9 Å². The van der Waals surface area contributed by atoms with Gasteiger partial charge in [-0.05, 0) is 55.5 Å². The molecule has 25 heavy (non-hydrogen) atoms. The van der Waals surface area contributed by atoms with Gasteiger partial charge in [0.2, 0.25) is 0 Å². The Morgan fingerprint density at radius 2 is 1.64 bits per heavy atom. The summed E-state index contributed by atoms with van der Waals surface area (Å²) in [4.78, 5) is 11.4. The van der Waals surface area contributed by atoms with E-state index >= 15 is 0 Å². The fourth-order valence-corrected chi connectivity index (χ4v) is 2.69. The average molecular weight is 461 g/mol. The van der Waals surface area contributed by atoms with Crippen LogP contribution >= 0.6 is 51.3 Å². The van der Waals surface area contributed by atoms with Crippen LogP contribution in [0.15, 0.2) is 53.0 Å². The molecule has 8 heteroatoms. The summed E-state index contributed by atoms with van der Waals surface area (Å²) in [6.45, 7) is 1.95. The summed E-state index contributed by atoms with van der Waals surface area (Å²) in [6.07, 6.45) is -0.743. The van der Waals surface area contributed by atoms with Gasteiger partial charge in [-0.3, -0.25) is 4.79 Å². The van der Waals surface area contributed by atoms with Crippen molar-refractivity contribution in [1.82, 2.24) is 10.6 Å². The van der Waals surface area contributed by atoms with Gasteiger partial charge >= 0.3 is 0 Å². The molecule has 0 saturated carbocycles. The number of rotatable bonds is 5. The molecule has 0 aliphatic rings. The summed E-state index contributed by atoms with van der Waals surface area (Å²) in [7, 11) is 0. The number of hydrogen-bond donors (Lipinski definition) is 3. The molecule has 2 aromatic carbocycles. The molecule has 0 aliphatic carbocycles. The Labute approximate surface area is 170 Å². The molecule has 1 amide bonds. The Balaban J connectivity index is 1.97. The van der Waals surface area contributed by atoms with Crippen molar-refractivity contribution < 1.29 is 4.79 Å². The number of hydrogen-bond acceptors (Lipinski definition) is 2. The smallest absolute Gasteiger partial charge is 0.252 e. The van der Waals surface area contributed by atoms with Gasteiger partial charge in [-0.15, -0.1) is 23.2 Å². The van der Waals surface area contributed by atoms with Crippen LogP contribution in [0.2, 0.25) is 0 Å². The van der Waals surface area contributed by atoms with Gasteiger partial charge in [0.1, 0.15) is 11.0 Å². The second kappa shape index (κ2) is 9.38. The summed E-state index contributed by atoms with van der Waals surface area (Å²) < 4.78 is 0.960. The van der Waals surface area contributed by atoms with Gasteiger partial charge in [-0.2, -0.15) is 0 Å². The van der Waals surface area contributed by atoms with Crippen LogP contribution in [0, 0.1) is 6.92 Å². The molecule has 2 rings (SSSR count). The molecule has 0 aromatic heterocycles. The summed E-state index contributed by atoms with van der Waals surface area (Å²) in [6, 6.07) is 14.7. The maximum Gasteiger partial charge on any atom is 0.252 e. The molecule has 0 heterocycles. The molecule has 2 aromatic rings. The molecule has 0 radical (unpaired) electrons. The first-order valence-electron chi connectivity index (χ1n) is 7.34. The van der Waals surface area contributed by atoms with E-state index in [1.54, 1.807) is 12.1 Å². The maximum absolute atomic E-state index is 12.3. The quantitative estimate of drug-likeness (QED) is 0.346. The van der Waals surface area contributed by atoms with E-state index in [0.717, 1.165) is 15.7 Å². The van der Waals surface area contributed by atoms with Crippen molar-refractivity contribution in [3.05, 3.63) is 64.1 Å². The van der Waals surface area contributed by atoms with Gasteiger partial charge in [-0.1, -0.05) is 33.6 Å².